The number of hydrogen-bond acceptors (Lipinski definition) is 3. The Morgan fingerprint density at radius 2 is 2.09 bits per heavy atom. The lowest BCUT2D eigenvalue weighted by Crippen LogP contribution is -2.46. The van der Waals surface area contributed by atoms with Crippen molar-refractivity contribution in [3.8, 4) is 0 Å². The normalized spacial score (nSPS) is 36.2. The van der Waals surface area contributed by atoms with E-state index >= 15 is 0 Å². The van der Waals surface area contributed by atoms with Crippen LogP contribution in [0.15, 0.2) is 23.1 Å². The Kier molecular flexibility index (Phi) is 3.87. The molecule has 1 heterocycles. The van der Waals surface area contributed by atoms with Gasteiger partial charge in [0.1, 0.15) is 0 Å². The number of halogens is 1. The van der Waals surface area contributed by atoms with Crippen molar-refractivity contribution in [3.63, 3.8) is 0 Å². The summed E-state index contributed by atoms with van der Waals surface area (Å²) in [7, 11) is 0. The number of fused-ring (bicyclic) bond motifs is 3. The van der Waals surface area contributed by atoms with Crippen molar-refractivity contribution < 1.29 is 4.79 Å². The lowest BCUT2D eigenvalue weighted by atomic mass is 9.84. The van der Waals surface area contributed by atoms with Crippen LogP contribution in [0.1, 0.15) is 37.3 Å². The number of amides is 1. The summed E-state index contributed by atoms with van der Waals surface area (Å²) in [6.07, 6.45) is 4.47. The van der Waals surface area contributed by atoms with Gasteiger partial charge in [0.25, 0.3) is 0 Å². The molecular weight excluding hydrogens is 316 g/mol. The van der Waals surface area contributed by atoms with Gasteiger partial charge in [-0.2, -0.15) is 0 Å². The van der Waals surface area contributed by atoms with Crippen LogP contribution in [0.2, 0.25) is 5.02 Å². The van der Waals surface area contributed by atoms with Crippen LogP contribution in [0.3, 0.4) is 0 Å². The fourth-order valence-electron chi connectivity index (χ4n) is 4.51. The third kappa shape index (κ3) is 2.45. The minimum absolute atomic E-state index is 0.0102. The van der Waals surface area contributed by atoms with Crippen LogP contribution in [0.5, 0.6) is 0 Å². The molecule has 0 aromatic heterocycles. The predicted octanol–water partition coefficient (Wildman–Crippen LogP) is 3.37. The van der Waals surface area contributed by atoms with E-state index in [0.29, 0.717) is 11.8 Å². The molecule has 2 fully saturated rings. The van der Waals surface area contributed by atoms with E-state index in [4.69, 9.17) is 17.3 Å². The molecular formula is C17H21ClN2OS. The monoisotopic (exact) mass is 336 g/mol. The first-order chi connectivity index (χ1) is 10.6. The molecule has 0 radical (unpaired) electrons. The third-order valence-electron chi connectivity index (χ3n) is 5.61. The lowest BCUT2D eigenvalue weighted by Gasteiger charge is -2.31. The zero-order valence-electron chi connectivity index (χ0n) is 12.4. The van der Waals surface area contributed by atoms with Gasteiger partial charge in [-0.05, 0) is 61.3 Å². The highest BCUT2D eigenvalue weighted by molar-refractivity contribution is 7.99. The van der Waals surface area contributed by atoms with Crippen LogP contribution in [-0.2, 0) is 4.79 Å². The van der Waals surface area contributed by atoms with Crippen LogP contribution in [-0.4, -0.2) is 17.7 Å². The van der Waals surface area contributed by atoms with Gasteiger partial charge in [0.15, 0.2) is 0 Å². The van der Waals surface area contributed by atoms with Gasteiger partial charge in [-0.1, -0.05) is 11.6 Å². The minimum Gasteiger partial charge on any atom is -0.349 e. The first-order valence-electron chi connectivity index (χ1n) is 8.11. The van der Waals surface area contributed by atoms with E-state index < -0.39 is 0 Å². The van der Waals surface area contributed by atoms with Gasteiger partial charge in [0.2, 0.25) is 5.91 Å². The first-order valence-corrected chi connectivity index (χ1v) is 9.48. The molecule has 1 aromatic carbocycles. The van der Waals surface area contributed by atoms with Gasteiger partial charge < -0.3 is 11.1 Å². The number of nitrogens with one attached hydrogen (secondary N) is 1. The van der Waals surface area contributed by atoms with Gasteiger partial charge in [0.05, 0.1) is 12.0 Å². The Balaban J connectivity index is 1.53. The summed E-state index contributed by atoms with van der Waals surface area (Å²) in [6.45, 7) is 0. The maximum Gasteiger partial charge on any atom is 0.225 e. The van der Waals surface area contributed by atoms with Gasteiger partial charge >= 0.3 is 0 Å². The van der Waals surface area contributed by atoms with Crippen molar-refractivity contribution in [2.75, 3.05) is 5.75 Å². The number of carbonyl (C=O) groups excluding carboxylic acids is 1. The molecule has 3 aliphatic rings. The molecule has 0 saturated heterocycles. The Morgan fingerprint density at radius 1 is 1.27 bits per heavy atom. The quantitative estimate of drug-likeness (QED) is 0.870. The molecule has 2 bridgehead atoms. The summed E-state index contributed by atoms with van der Waals surface area (Å²) in [5, 5.41) is 4.00. The van der Waals surface area contributed by atoms with Crippen LogP contribution in [0.25, 0.3) is 0 Å². The maximum absolute atomic E-state index is 12.8. The van der Waals surface area contributed by atoms with E-state index in [9.17, 15) is 4.79 Å². The number of thioether (sulfide) groups is 1. The second-order valence-corrected chi connectivity index (χ2v) is 8.39. The number of rotatable bonds is 2. The zero-order valence-corrected chi connectivity index (χ0v) is 14.0. The Morgan fingerprint density at radius 3 is 2.86 bits per heavy atom. The summed E-state index contributed by atoms with van der Waals surface area (Å²) in [5.74, 6) is 2.25. The van der Waals surface area contributed by atoms with Gasteiger partial charge in [-0.25, -0.2) is 0 Å². The molecule has 1 aromatic rings. The van der Waals surface area contributed by atoms with Gasteiger partial charge in [-0.3, -0.25) is 4.79 Å². The Bertz CT molecular complexity index is 606. The summed E-state index contributed by atoms with van der Waals surface area (Å²) in [5.41, 5.74) is 7.46. The Labute approximate surface area is 140 Å². The van der Waals surface area contributed by atoms with E-state index in [1.807, 2.05) is 23.9 Å². The molecule has 118 valence electrons. The lowest BCUT2D eigenvalue weighted by molar-refractivity contribution is -0.127. The summed E-state index contributed by atoms with van der Waals surface area (Å²) in [4.78, 5) is 14.0. The largest absolute Gasteiger partial charge is 0.349 e. The van der Waals surface area contributed by atoms with Crippen LogP contribution >= 0.6 is 23.4 Å². The molecule has 0 spiro atoms. The van der Waals surface area contributed by atoms with E-state index in [1.165, 1.54) is 17.7 Å². The first kappa shape index (κ1) is 14.9. The molecule has 1 aliphatic heterocycles. The van der Waals surface area contributed by atoms with Crippen LogP contribution in [0, 0.1) is 17.8 Å². The molecule has 5 unspecified atom stereocenters. The number of benzene rings is 1. The van der Waals surface area contributed by atoms with Crippen molar-refractivity contribution >= 4 is 29.3 Å². The van der Waals surface area contributed by atoms with E-state index in [-0.39, 0.29) is 23.9 Å². The average molecular weight is 337 g/mol. The van der Waals surface area contributed by atoms with Gasteiger partial charge in [0, 0.05) is 21.7 Å². The molecule has 3 N–H and O–H groups in total. The third-order valence-corrected chi connectivity index (χ3v) is 6.97. The molecule has 3 nitrogen and oxygen atoms in total. The highest BCUT2D eigenvalue weighted by Gasteiger charge is 2.49. The smallest absolute Gasteiger partial charge is 0.225 e. The van der Waals surface area contributed by atoms with E-state index in [2.05, 4.69) is 11.4 Å². The zero-order chi connectivity index (χ0) is 15.3. The molecule has 5 atom stereocenters. The number of nitrogens with two attached hydrogens (primary N) is 1. The molecule has 5 heteroatoms. The SMILES string of the molecule is NC1C2CCC(C2)C1C(=O)NC1CCSc2ccc(Cl)cc21. The summed E-state index contributed by atoms with van der Waals surface area (Å²) >= 11 is 7.98. The molecule has 22 heavy (non-hydrogen) atoms. The fraction of sp³-hybridized carbons (Fsp3) is 0.588. The van der Waals surface area contributed by atoms with E-state index in [1.54, 1.807) is 0 Å². The molecule has 4 rings (SSSR count). The molecule has 2 saturated carbocycles. The van der Waals surface area contributed by atoms with Crippen molar-refractivity contribution in [1.29, 1.82) is 0 Å². The van der Waals surface area contributed by atoms with Crippen molar-refractivity contribution in [2.24, 2.45) is 23.5 Å². The highest BCUT2D eigenvalue weighted by atomic mass is 35.5. The molecule has 1 amide bonds. The average Bonchev–Trinajstić information content (AvgIpc) is 3.08. The number of carbonyl (C=O) groups is 1. The second kappa shape index (κ2) is 5.73. The summed E-state index contributed by atoms with van der Waals surface area (Å²) in [6, 6.07) is 6.10. The maximum atomic E-state index is 12.8. The van der Waals surface area contributed by atoms with Gasteiger partial charge in [-0.15, -0.1) is 11.8 Å². The predicted molar refractivity (Wildman–Crippen MR) is 90.0 cm³/mol. The standard InChI is InChI=1S/C17H21ClN2OS/c18-11-3-4-14-12(8-11)13(5-6-22-14)20-17(21)15-9-1-2-10(7-9)16(15)19/h3-4,8-10,13,15-16H,1-2,5-7,19H2,(H,20,21). The fourth-order valence-corrected chi connectivity index (χ4v) is 5.79. The van der Waals surface area contributed by atoms with Crippen LogP contribution < -0.4 is 11.1 Å². The summed E-state index contributed by atoms with van der Waals surface area (Å²) < 4.78 is 0. The highest BCUT2D eigenvalue weighted by Crippen LogP contribution is 2.48. The number of hydrogen-bond donors (Lipinski definition) is 2. The molecule has 2 aliphatic carbocycles. The van der Waals surface area contributed by atoms with Crippen LogP contribution in [0.4, 0.5) is 0 Å². The Hall–Kier alpha value is -0.710. The van der Waals surface area contributed by atoms with Crippen molar-refractivity contribution in [1.82, 2.24) is 5.32 Å². The second-order valence-electron chi connectivity index (χ2n) is 6.82. The topological polar surface area (TPSA) is 55.1 Å². The van der Waals surface area contributed by atoms with E-state index in [0.717, 1.165) is 29.2 Å². The van der Waals surface area contributed by atoms with Crippen molar-refractivity contribution in [2.45, 2.75) is 42.7 Å². The van der Waals surface area contributed by atoms with Crippen molar-refractivity contribution in [3.05, 3.63) is 28.8 Å². The minimum atomic E-state index is 0.0102.